The van der Waals surface area contributed by atoms with E-state index in [-0.39, 0.29) is 24.2 Å². The van der Waals surface area contributed by atoms with E-state index in [4.69, 9.17) is 4.74 Å². The van der Waals surface area contributed by atoms with Crippen LogP contribution in [0, 0.1) is 16.7 Å². The highest BCUT2D eigenvalue weighted by molar-refractivity contribution is 6.15. The average molecular weight is 435 g/mol. The Bertz CT molecular complexity index is 1360. The highest BCUT2D eigenvalue weighted by Gasteiger charge is 2.75. The van der Waals surface area contributed by atoms with Crippen LogP contribution >= 0.6 is 0 Å². The second-order valence-electron chi connectivity index (χ2n) is 8.96. The van der Waals surface area contributed by atoms with Crippen molar-refractivity contribution in [1.82, 2.24) is 4.90 Å². The number of carbonyl (C=O) groups is 2. The van der Waals surface area contributed by atoms with Gasteiger partial charge in [-0.1, -0.05) is 42.5 Å². The van der Waals surface area contributed by atoms with Gasteiger partial charge in [-0.05, 0) is 42.9 Å². The number of ketones is 1. The molecule has 6 nitrogen and oxygen atoms in total. The zero-order chi connectivity index (χ0) is 22.8. The summed E-state index contributed by atoms with van der Waals surface area (Å²) in [6, 6.07) is 24.3. The molecule has 1 fully saturated rings. The molecule has 6 rings (SSSR count). The second-order valence-corrected chi connectivity index (χ2v) is 8.96. The third-order valence-electron chi connectivity index (χ3n) is 7.60. The summed E-state index contributed by atoms with van der Waals surface area (Å²) in [5.74, 6) is -0.0651. The highest BCUT2D eigenvalue weighted by Crippen LogP contribution is 2.64. The number of hydrogen-bond donors (Lipinski definition) is 1. The standard InChI is InChI=1S/C27H21N3O3/c1-30-15-21(18-12-10-17(14-28)11-13-18)26(16-33-23-9-5-2-6-19(23)24(26)31)27(30)20-7-3-4-8-22(20)29-25(27)32/h2-13,21H,15-16H2,1H3,(H,29,32)/t21-,26-,27-/m0/s1. The Morgan fingerprint density at radius 3 is 2.55 bits per heavy atom. The van der Waals surface area contributed by atoms with Gasteiger partial charge in [-0.15, -0.1) is 0 Å². The number of rotatable bonds is 1. The van der Waals surface area contributed by atoms with Crippen molar-refractivity contribution < 1.29 is 14.3 Å². The first-order chi connectivity index (χ1) is 16.0. The van der Waals surface area contributed by atoms with Crippen LogP contribution < -0.4 is 10.1 Å². The summed E-state index contributed by atoms with van der Waals surface area (Å²) in [4.78, 5) is 30.3. The molecule has 3 aromatic rings. The first-order valence-electron chi connectivity index (χ1n) is 10.9. The molecule has 0 aromatic heterocycles. The van der Waals surface area contributed by atoms with Crippen molar-refractivity contribution in [2.45, 2.75) is 11.5 Å². The molecule has 0 unspecified atom stereocenters. The van der Waals surface area contributed by atoms with E-state index < -0.39 is 11.0 Å². The van der Waals surface area contributed by atoms with Gasteiger partial charge in [-0.3, -0.25) is 14.5 Å². The van der Waals surface area contributed by atoms with Gasteiger partial charge in [-0.2, -0.15) is 5.26 Å². The summed E-state index contributed by atoms with van der Waals surface area (Å²) >= 11 is 0. The molecule has 3 aromatic carbocycles. The number of amides is 1. The highest BCUT2D eigenvalue weighted by atomic mass is 16.5. The van der Waals surface area contributed by atoms with Crippen LogP contribution in [0.15, 0.2) is 72.8 Å². The molecular weight excluding hydrogens is 414 g/mol. The minimum atomic E-state index is -1.22. The maximum Gasteiger partial charge on any atom is 0.250 e. The van der Waals surface area contributed by atoms with Crippen LogP contribution in [0.1, 0.15) is 33.0 Å². The molecule has 1 amide bonds. The number of Topliss-reactive ketones (excluding diaryl/α,β-unsaturated/α-hetero) is 1. The van der Waals surface area contributed by atoms with Crippen molar-refractivity contribution in [2.24, 2.45) is 5.41 Å². The predicted molar refractivity (Wildman–Crippen MR) is 122 cm³/mol. The van der Waals surface area contributed by atoms with Gasteiger partial charge in [0, 0.05) is 23.7 Å². The molecule has 33 heavy (non-hydrogen) atoms. The summed E-state index contributed by atoms with van der Waals surface area (Å²) in [5.41, 5.74) is 1.08. The van der Waals surface area contributed by atoms with E-state index in [0.717, 1.165) is 16.8 Å². The first kappa shape index (κ1) is 19.7. The van der Waals surface area contributed by atoms with Gasteiger partial charge in [-0.25, -0.2) is 0 Å². The van der Waals surface area contributed by atoms with Gasteiger partial charge in [0.05, 0.1) is 17.2 Å². The number of likely N-dealkylation sites (N-methyl/N-ethyl adjacent to an activating group) is 1. The number of carbonyl (C=O) groups excluding carboxylic acids is 2. The Labute approximate surface area is 191 Å². The number of nitriles is 1. The van der Waals surface area contributed by atoms with Crippen LogP contribution in [0.2, 0.25) is 0 Å². The summed E-state index contributed by atoms with van der Waals surface area (Å²) < 4.78 is 6.25. The lowest BCUT2D eigenvalue weighted by Gasteiger charge is -2.47. The molecule has 162 valence electrons. The number of hydrogen-bond acceptors (Lipinski definition) is 5. The summed E-state index contributed by atoms with van der Waals surface area (Å²) in [6.45, 7) is 0.574. The monoisotopic (exact) mass is 435 g/mol. The molecule has 1 saturated heterocycles. The number of nitrogens with zero attached hydrogens (tertiary/aromatic N) is 2. The van der Waals surface area contributed by atoms with E-state index >= 15 is 0 Å². The zero-order valence-electron chi connectivity index (χ0n) is 18.0. The van der Waals surface area contributed by atoms with E-state index in [9.17, 15) is 14.9 Å². The fourth-order valence-electron chi connectivity index (χ4n) is 6.21. The zero-order valence-corrected chi connectivity index (χ0v) is 18.0. The summed E-state index contributed by atoms with van der Waals surface area (Å²) in [5, 5.41) is 12.3. The molecule has 3 aliphatic rings. The Morgan fingerprint density at radius 2 is 1.76 bits per heavy atom. The topological polar surface area (TPSA) is 82.4 Å². The van der Waals surface area contributed by atoms with Crippen molar-refractivity contribution in [3.63, 3.8) is 0 Å². The third-order valence-corrected chi connectivity index (χ3v) is 7.60. The Kier molecular flexibility index (Phi) is 4.05. The van der Waals surface area contributed by atoms with Crippen LogP contribution in [0.5, 0.6) is 5.75 Å². The average Bonchev–Trinajstić information content (AvgIpc) is 3.30. The lowest BCUT2D eigenvalue weighted by atomic mass is 9.57. The van der Waals surface area contributed by atoms with Crippen LogP contribution in [0.25, 0.3) is 0 Å². The predicted octanol–water partition coefficient (Wildman–Crippen LogP) is 3.70. The van der Waals surface area contributed by atoms with E-state index in [1.165, 1.54) is 0 Å². The number of para-hydroxylation sites is 2. The molecule has 0 saturated carbocycles. The quantitative estimate of drug-likeness (QED) is 0.630. The van der Waals surface area contributed by atoms with Crippen molar-refractivity contribution >= 4 is 17.4 Å². The minimum absolute atomic E-state index is 0.0829. The molecular formula is C27H21N3O3. The number of benzene rings is 3. The van der Waals surface area contributed by atoms with Crippen molar-refractivity contribution in [1.29, 1.82) is 5.26 Å². The van der Waals surface area contributed by atoms with Crippen LogP contribution in [0.4, 0.5) is 5.69 Å². The molecule has 0 bridgehead atoms. The molecule has 3 atom stereocenters. The Balaban J connectivity index is 1.65. The van der Waals surface area contributed by atoms with Crippen molar-refractivity contribution in [3.8, 4) is 11.8 Å². The first-order valence-corrected chi connectivity index (χ1v) is 10.9. The van der Waals surface area contributed by atoms with Gasteiger partial charge in [0.1, 0.15) is 23.3 Å². The SMILES string of the molecule is CN1C[C@@H](c2ccc(C#N)cc2)[C@]2(COc3ccccc3C2=O)[C@]12C(=O)Nc1ccccc12. The van der Waals surface area contributed by atoms with Crippen LogP contribution in [0.3, 0.4) is 0 Å². The molecule has 0 radical (unpaired) electrons. The lowest BCUT2D eigenvalue weighted by Crippen LogP contribution is -2.62. The fraction of sp³-hybridized carbons (Fsp3) is 0.222. The van der Waals surface area contributed by atoms with Crippen LogP contribution in [-0.2, 0) is 10.3 Å². The second kappa shape index (κ2) is 6.77. The molecule has 6 heteroatoms. The molecule has 0 aliphatic carbocycles. The maximum absolute atomic E-state index is 14.5. The number of fused-ring (bicyclic) bond motifs is 4. The smallest absolute Gasteiger partial charge is 0.250 e. The normalized spacial score (nSPS) is 27.7. The number of ether oxygens (including phenoxy) is 1. The summed E-state index contributed by atoms with van der Waals surface area (Å²) in [7, 11) is 1.90. The maximum atomic E-state index is 14.5. The van der Waals surface area contributed by atoms with Gasteiger partial charge in [0.15, 0.2) is 5.78 Å². The molecule has 3 heterocycles. The fourth-order valence-corrected chi connectivity index (χ4v) is 6.21. The lowest BCUT2D eigenvalue weighted by molar-refractivity contribution is -0.131. The van der Waals surface area contributed by atoms with Crippen LogP contribution in [-0.4, -0.2) is 36.8 Å². The number of likely N-dealkylation sites (tertiary alicyclic amines) is 1. The van der Waals surface area contributed by atoms with Crippen molar-refractivity contribution in [3.05, 3.63) is 95.1 Å². The molecule has 2 spiro atoms. The van der Waals surface area contributed by atoms with Crippen molar-refractivity contribution in [2.75, 3.05) is 25.5 Å². The Hall–Kier alpha value is -3.95. The number of nitrogens with one attached hydrogen (secondary N) is 1. The van der Waals surface area contributed by atoms with E-state index in [2.05, 4.69) is 11.4 Å². The van der Waals surface area contributed by atoms with E-state index in [1.54, 1.807) is 24.3 Å². The van der Waals surface area contributed by atoms with Gasteiger partial charge >= 0.3 is 0 Å². The van der Waals surface area contributed by atoms with Gasteiger partial charge in [0.25, 0.3) is 5.91 Å². The minimum Gasteiger partial charge on any atom is -0.492 e. The van der Waals surface area contributed by atoms with Gasteiger partial charge < -0.3 is 10.1 Å². The largest absolute Gasteiger partial charge is 0.492 e. The van der Waals surface area contributed by atoms with E-state index in [0.29, 0.717) is 23.4 Å². The summed E-state index contributed by atoms with van der Waals surface area (Å²) in [6.07, 6.45) is 0. The molecule has 1 N–H and O–H groups in total. The molecule has 3 aliphatic heterocycles. The van der Waals surface area contributed by atoms with Gasteiger partial charge in [0.2, 0.25) is 0 Å². The third kappa shape index (κ3) is 2.30. The van der Waals surface area contributed by atoms with E-state index in [1.807, 2.05) is 60.5 Å². The number of anilines is 1. The Morgan fingerprint density at radius 1 is 1.03 bits per heavy atom.